The van der Waals surface area contributed by atoms with E-state index in [0.29, 0.717) is 0 Å². The fourth-order valence-electron chi connectivity index (χ4n) is 1.35. The maximum atomic E-state index is 13.3. The van der Waals surface area contributed by atoms with Gasteiger partial charge in [-0.3, -0.25) is 0 Å². The molecule has 0 unspecified atom stereocenters. The zero-order valence-electron chi connectivity index (χ0n) is 11.4. The van der Waals surface area contributed by atoms with E-state index in [-0.39, 0.29) is 19.4 Å². The second-order valence-electron chi connectivity index (χ2n) is 4.62. The molecule has 0 aromatic heterocycles. The highest BCUT2D eigenvalue weighted by Gasteiger charge is 2.86. The van der Waals surface area contributed by atoms with Gasteiger partial charge >= 0.3 is 29.9 Å². The molecule has 1 N–H and O–H groups in total. The molecule has 0 heterocycles. The van der Waals surface area contributed by atoms with Gasteiger partial charge in [-0.2, -0.15) is 48.3 Å². The molecule has 0 spiro atoms. The lowest BCUT2D eigenvalue weighted by Gasteiger charge is -2.36. The SMILES string of the molecule is OCCCCC(I)=CC(F)(F)C(F)(F)C(F)(F)C(F)(F)C(F)(F)F. The van der Waals surface area contributed by atoms with E-state index in [0.717, 1.165) is 22.6 Å². The van der Waals surface area contributed by atoms with Gasteiger partial charge in [0.1, 0.15) is 0 Å². The number of unbranched alkanes of at least 4 members (excludes halogenated alkanes) is 1. The van der Waals surface area contributed by atoms with Gasteiger partial charge in [0.05, 0.1) is 0 Å². The van der Waals surface area contributed by atoms with Crippen LogP contribution in [0.25, 0.3) is 0 Å². The molecule has 0 atom stereocenters. The molecule has 0 bridgehead atoms. The van der Waals surface area contributed by atoms with Crippen LogP contribution in [0.4, 0.5) is 48.3 Å². The summed E-state index contributed by atoms with van der Waals surface area (Å²) < 4.78 is 139. The highest BCUT2D eigenvalue weighted by atomic mass is 127. The van der Waals surface area contributed by atoms with Gasteiger partial charge in [0.15, 0.2) is 0 Å². The topological polar surface area (TPSA) is 20.2 Å². The van der Waals surface area contributed by atoms with Crippen LogP contribution < -0.4 is 0 Å². The molecule has 0 aromatic carbocycles. The molecule has 144 valence electrons. The van der Waals surface area contributed by atoms with Gasteiger partial charge in [-0.05, 0) is 45.4 Å². The highest BCUT2D eigenvalue weighted by molar-refractivity contribution is 14.1. The Morgan fingerprint density at radius 1 is 0.750 bits per heavy atom. The van der Waals surface area contributed by atoms with Crippen molar-refractivity contribution >= 4 is 22.6 Å². The molecule has 0 fully saturated rings. The van der Waals surface area contributed by atoms with E-state index in [1.54, 1.807) is 0 Å². The maximum Gasteiger partial charge on any atom is 0.460 e. The summed E-state index contributed by atoms with van der Waals surface area (Å²) >= 11 is 1.02. The third-order valence-electron chi connectivity index (χ3n) is 2.72. The lowest BCUT2D eigenvalue weighted by molar-refractivity contribution is -0.416. The summed E-state index contributed by atoms with van der Waals surface area (Å²) in [5.41, 5.74) is 0. The summed E-state index contributed by atoms with van der Waals surface area (Å²) in [4.78, 5) is 0. The molecule has 13 heteroatoms. The molecular formula is C11H10F11IO. The molecular weight excluding hydrogens is 484 g/mol. The number of aliphatic hydroxyl groups is 1. The van der Waals surface area contributed by atoms with E-state index in [1.165, 1.54) is 0 Å². The van der Waals surface area contributed by atoms with Gasteiger partial charge < -0.3 is 5.11 Å². The van der Waals surface area contributed by atoms with E-state index in [9.17, 15) is 48.3 Å². The summed E-state index contributed by atoms with van der Waals surface area (Å²) in [6, 6.07) is 0. The second-order valence-corrected chi connectivity index (χ2v) is 6.00. The van der Waals surface area contributed by atoms with Crippen LogP contribution in [0.15, 0.2) is 9.66 Å². The monoisotopic (exact) mass is 494 g/mol. The van der Waals surface area contributed by atoms with Gasteiger partial charge in [-0.25, -0.2) is 0 Å². The molecule has 0 aliphatic carbocycles. The highest BCUT2D eigenvalue weighted by Crippen LogP contribution is 2.57. The Morgan fingerprint density at radius 3 is 1.58 bits per heavy atom. The fraction of sp³-hybridized carbons (Fsp3) is 0.818. The Bertz CT molecular complexity index is 455. The Labute approximate surface area is 142 Å². The van der Waals surface area contributed by atoms with Crippen molar-refractivity contribution in [1.29, 1.82) is 0 Å². The van der Waals surface area contributed by atoms with Crippen molar-refractivity contribution < 1.29 is 53.4 Å². The molecule has 0 radical (unpaired) electrons. The Kier molecular flexibility index (Phi) is 7.39. The van der Waals surface area contributed by atoms with Crippen molar-refractivity contribution in [2.75, 3.05) is 6.61 Å². The van der Waals surface area contributed by atoms with Crippen LogP contribution in [0, 0.1) is 0 Å². The van der Waals surface area contributed by atoms with Crippen molar-refractivity contribution in [3.63, 3.8) is 0 Å². The number of hydrogen-bond acceptors (Lipinski definition) is 1. The van der Waals surface area contributed by atoms with Gasteiger partial charge in [-0.15, -0.1) is 0 Å². The lowest BCUT2D eigenvalue weighted by atomic mass is 9.97. The minimum atomic E-state index is -7.39. The van der Waals surface area contributed by atoms with Crippen LogP contribution in [-0.4, -0.2) is 41.6 Å². The number of alkyl halides is 11. The van der Waals surface area contributed by atoms with E-state index in [4.69, 9.17) is 5.11 Å². The Morgan fingerprint density at radius 2 is 1.21 bits per heavy atom. The van der Waals surface area contributed by atoms with Crippen LogP contribution in [-0.2, 0) is 0 Å². The van der Waals surface area contributed by atoms with E-state index >= 15 is 0 Å². The zero-order chi connectivity index (χ0) is 19.6. The minimum Gasteiger partial charge on any atom is -0.396 e. The van der Waals surface area contributed by atoms with Gasteiger partial charge in [0.25, 0.3) is 0 Å². The Balaban J connectivity index is 5.72. The molecule has 0 aliphatic rings. The average molecular weight is 494 g/mol. The second kappa shape index (κ2) is 7.50. The maximum absolute atomic E-state index is 13.3. The summed E-state index contributed by atoms with van der Waals surface area (Å²) in [6.07, 6.45) is -8.32. The molecule has 24 heavy (non-hydrogen) atoms. The largest absolute Gasteiger partial charge is 0.460 e. The van der Waals surface area contributed by atoms with Crippen molar-refractivity contribution in [3.8, 4) is 0 Å². The van der Waals surface area contributed by atoms with Crippen LogP contribution in [0.2, 0.25) is 0 Å². The third-order valence-corrected chi connectivity index (χ3v) is 3.58. The smallest absolute Gasteiger partial charge is 0.396 e. The van der Waals surface area contributed by atoms with Gasteiger partial charge in [0.2, 0.25) is 0 Å². The van der Waals surface area contributed by atoms with Crippen molar-refractivity contribution in [2.45, 2.75) is 49.1 Å². The summed E-state index contributed by atoms with van der Waals surface area (Å²) in [6.45, 7) is -0.383. The lowest BCUT2D eigenvalue weighted by Crippen LogP contribution is -2.66. The van der Waals surface area contributed by atoms with Crippen molar-refractivity contribution in [1.82, 2.24) is 0 Å². The molecule has 0 saturated heterocycles. The first-order valence-corrected chi connectivity index (χ1v) is 7.09. The van der Waals surface area contributed by atoms with Crippen molar-refractivity contribution in [2.24, 2.45) is 0 Å². The first-order chi connectivity index (χ1) is 10.5. The third kappa shape index (κ3) is 4.43. The predicted octanol–water partition coefficient (Wildman–Crippen LogP) is 5.57. The van der Waals surface area contributed by atoms with Crippen LogP contribution in [0.1, 0.15) is 19.3 Å². The minimum absolute atomic E-state index is 0.0258. The fourth-order valence-corrected chi connectivity index (χ4v) is 2.12. The molecule has 0 amide bonds. The van der Waals surface area contributed by atoms with Crippen molar-refractivity contribution in [3.05, 3.63) is 9.66 Å². The van der Waals surface area contributed by atoms with Crippen LogP contribution >= 0.6 is 22.6 Å². The van der Waals surface area contributed by atoms with Gasteiger partial charge in [-0.1, -0.05) is 0 Å². The molecule has 0 rings (SSSR count). The van der Waals surface area contributed by atoms with Crippen LogP contribution in [0.3, 0.4) is 0 Å². The number of allylic oxidation sites excluding steroid dienone is 2. The molecule has 0 aromatic rings. The molecule has 0 saturated carbocycles. The quantitative estimate of drug-likeness (QED) is 0.266. The number of halogens is 12. The van der Waals surface area contributed by atoms with Gasteiger partial charge in [0, 0.05) is 12.7 Å². The average Bonchev–Trinajstić information content (AvgIpc) is 2.36. The van der Waals surface area contributed by atoms with Crippen LogP contribution in [0.5, 0.6) is 0 Å². The normalized spacial score (nSPS) is 15.8. The van der Waals surface area contributed by atoms with E-state index < -0.39 is 45.9 Å². The molecule has 1 nitrogen and oxygen atoms in total. The van der Waals surface area contributed by atoms with E-state index in [2.05, 4.69) is 0 Å². The van der Waals surface area contributed by atoms with E-state index in [1.807, 2.05) is 0 Å². The number of hydrogen-bond donors (Lipinski definition) is 1. The number of rotatable bonds is 8. The first-order valence-electron chi connectivity index (χ1n) is 6.01. The number of aliphatic hydroxyl groups excluding tert-OH is 1. The summed E-state index contributed by atoms with van der Waals surface area (Å²) in [7, 11) is 0. The zero-order valence-corrected chi connectivity index (χ0v) is 13.5. The Hall–Kier alpha value is -0.340. The standard InChI is InChI=1S/C11H10F11IO/c12-7(13,5-6(23)3-1-2-4-24)8(14,15)9(16,17)10(18,19)11(20,21)22/h5,24H,1-4H2. The summed E-state index contributed by atoms with van der Waals surface area (Å²) in [5, 5.41) is 8.43. The first kappa shape index (κ1) is 23.7. The predicted molar refractivity (Wildman–Crippen MR) is 68.9 cm³/mol. The molecule has 0 aliphatic heterocycles. The summed E-state index contributed by atoms with van der Waals surface area (Å²) in [5.74, 6) is -27.7.